The summed E-state index contributed by atoms with van der Waals surface area (Å²) in [5.74, 6) is -0.721. The van der Waals surface area contributed by atoms with E-state index in [4.69, 9.17) is 11.6 Å². The van der Waals surface area contributed by atoms with Gasteiger partial charge in [0.05, 0.1) is 14.8 Å². The molecule has 0 saturated carbocycles. The van der Waals surface area contributed by atoms with E-state index in [2.05, 4.69) is 9.44 Å². The van der Waals surface area contributed by atoms with Crippen molar-refractivity contribution < 1.29 is 21.2 Å². The Morgan fingerprint density at radius 3 is 2.27 bits per heavy atom. The molecule has 10 heteroatoms. The number of hydrogen-bond acceptors (Lipinski definition) is 4. The molecular weight excluding hydrogens is 403 g/mol. The zero-order valence-electron chi connectivity index (χ0n) is 14.0. The molecule has 0 radical (unpaired) electrons. The lowest BCUT2D eigenvalue weighted by Gasteiger charge is -2.11. The normalized spacial score (nSPS) is 12.5. The van der Waals surface area contributed by atoms with Crippen LogP contribution in [0.5, 0.6) is 0 Å². The molecule has 0 amide bonds. The summed E-state index contributed by atoms with van der Waals surface area (Å²) < 4.78 is 66.9. The zero-order valence-corrected chi connectivity index (χ0v) is 16.4. The molecule has 0 aliphatic heterocycles. The largest absolute Gasteiger partial charge is 0.240 e. The van der Waals surface area contributed by atoms with Crippen molar-refractivity contribution in [3.05, 3.63) is 58.9 Å². The van der Waals surface area contributed by atoms with Gasteiger partial charge in [-0.25, -0.2) is 30.7 Å². The smallest absolute Gasteiger partial charge is 0.209 e. The average Bonchev–Trinajstić information content (AvgIpc) is 2.54. The molecule has 2 aromatic carbocycles. The van der Waals surface area contributed by atoms with Gasteiger partial charge >= 0.3 is 0 Å². The fourth-order valence-electron chi connectivity index (χ4n) is 2.11. The van der Waals surface area contributed by atoms with Gasteiger partial charge in [-0.1, -0.05) is 23.7 Å². The van der Waals surface area contributed by atoms with E-state index in [0.717, 1.165) is 18.2 Å². The zero-order chi connectivity index (χ0) is 19.5. The molecule has 0 spiro atoms. The number of rotatable bonds is 7. The average molecular weight is 421 g/mol. The fourth-order valence-corrected chi connectivity index (χ4v) is 4.72. The lowest BCUT2D eigenvalue weighted by Crippen LogP contribution is -2.30. The van der Waals surface area contributed by atoms with Crippen LogP contribution in [0.15, 0.2) is 52.3 Å². The monoisotopic (exact) mass is 420 g/mol. The Hall–Kier alpha value is -1.52. The first-order valence-corrected chi connectivity index (χ1v) is 10.9. The number of benzene rings is 2. The molecule has 2 aromatic rings. The third kappa shape index (κ3) is 5.24. The van der Waals surface area contributed by atoms with Crippen LogP contribution in [0, 0.1) is 5.82 Å². The molecule has 6 nitrogen and oxygen atoms in total. The van der Waals surface area contributed by atoms with Crippen molar-refractivity contribution in [1.29, 1.82) is 0 Å². The predicted molar refractivity (Wildman–Crippen MR) is 97.3 cm³/mol. The van der Waals surface area contributed by atoms with Crippen molar-refractivity contribution in [3.63, 3.8) is 0 Å². The molecule has 0 saturated heterocycles. The van der Waals surface area contributed by atoms with Crippen LogP contribution in [0.25, 0.3) is 0 Å². The van der Waals surface area contributed by atoms with E-state index in [1.165, 1.54) is 18.2 Å². The van der Waals surface area contributed by atoms with Crippen molar-refractivity contribution >= 4 is 31.6 Å². The van der Waals surface area contributed by atoms with E-state index in [1.54, 1.807) is 19.9 Å². The van der Waals surface area contributed by atoms with Crippen LogP contribution in [0.3, 0.4) is 0 Å². The van der Waals surface area contributed by atoms with Crippen molar-refractivity contribution in [2.45, 2.75) is 36.2 Å². The second-order valence-corrected chi connectivity index (χ2v) is 9.71. The Balaban J connectivity index is 2.19. The lowest BCUT2D eigenvalue weighted by atomic mass is 10.2. The SMILES string of the molecule is CC(C)NS(=O)(=O)c1cccc(CNS(=O)(=O)c2ccc(F)c(Cl)c2)c1. The predicted octanol–water partition coefficient (Wildman–Crippen LogP) is 2.64. The molecule has 0 fully saturated rings. The van der Waals surface area contributed by atoms with Gasteiger partial charge in [-0.15, -0.1) is 0 Å². The Labute approximate surface area is 157 Å². The lowest BCUT2D eigenvalue weighted by molar-refractivity contribution is 0.569. The highest BCUT2D eigenvalue weighted by atomic mass is 35.5. The molecule has 2 rings (SSSR count). The summed E-state index contributed by atoms with van der Waals surface area (Å²) in [6.07, 6.45) is 0. The van der Waals surface area contributed by atoms with Crippen molar-refractivity contribution in [2.75, 3.05) is 0 Å². The van der Waals surface area contributed by atoms with Crippen LogP contribution in [0.1, 0.15) is 19.4 Å². The van der Waals surface area contributed by atoms with Crippen LogP contribution in [0.4, 0.5) is 4.39 Å². The van der Waals surface area contributed by atoms with Gasteiger partial charge in [0.15, 0.2) is 0 Å². The number of halogens is 2. The molecule has 0 unspecified atom stereocenters. The van der Waals surface area contributed by atoms with E-state index in [1.807, 2.05) is 0 Å². The molecule has 0 aliphatic carbocycles. The van der Waals surface area contributed by atoms with Gasteiger partial charge in [0, 0.05) is 12.6 Å². The van der Waals surface area contributed by atoms with Gasteiger partial charge in [-0.3, -0.25) is 0 Å². The summed E-state index contributed by atoms with van der Waals surface area (Å²) in [5.41, 5.74) is 0.452. The number of sulfonamides is 2. The van der Waals surface area contributed by atoms with Crippen molar-refractivity contribution in [1.82, 2.24) is 9.44 Å². The maximum Gasteiger partial charge on any atom is 0.240 e. The summed E-state index contributed by atoms with van der Waals surface area (Å²) in [6.45, 7) is 3.26. The van der Waals surface area contributed by atoms with Gasteiger partial charge in [-0.2, -0.15) is 0 Å². The molecule has 0 atom stereocenters. The summed E-state index contributed by atoms with van der Waals surface area (Å²) in [6, 6.07) is 8.70. The van der Waals surface area contributed by atoms with Gasteiger partial charge in [-0.05, 0) is 49.7 Å². The Bertz CT molecular complexity index is 1010. The van der Waals surface area contributed by atoms with Crippen molar-refractivity contribution in [2.24, 2.45) is 0 Å². The van der Waals surface area contributed by atoms with Crippen LogP contribution in [-0.2, 0) is 26.6 Å². The highest BCUT2D eigenvalue weighted by Gasteiger charge is 2.18. The van der Waals surface area contributed by atoms with Gasteiger partial charge in [0.2, 0.25) is 20.0 Å². The summed E-state index contributed by atoms with van der Waals surface area (Å²) in [4.78, 5) is -0.151. The van der Waals surface area contributed by atoms with E-state index < -0.39 is 25.9 Å². The Morgan fingerprint density at radius 2 is 1.65 bits per heavy atom. The molecule has 26 heavy (non-hydrogen) atoms. The topological polar surface area (TPSA) is 92.3 Å². The summed E-state index contributed by atoms with van der Waals surface area (Å²) in [7, 11) is -7.62. The number of nitrogens with one attached hydrogen (secondary N) is 2. The quantitative estimate of drug-likeness (QED) is 0.720. The highest BCUT2D eigenvalue weighted by molar-refractivity contribution is 7.89. The Morgan fingerprint density at radius 1 is 1.00 bits per heavy atom. The first-order valence-electron chi connectivity index (χ1n) is 7.57. The van der Waals surface area contributed by atoms with E-state index in [0.29, 0.717) is 5.56 Å². The summed E-state index contributed by atoms with van der Waals surface area (Å²) in [5, 5.41) is -0.305. The fraction of sp³-hybridized carbons (Fsp3) is 0.250. The van der Waals surface area contributed by atoms with Crippen LogP contribution >= 0.6 is 11.6 Å². The second-order valence-electron chi connectivity index (χ2n) is 5.82. The van der Waals surface area contributed by atoms with Crippen LogP contribution < -0.4 is 9.44 Å². The molecule has 0 heterocycles. The van der Waals surface area contributed by atoms with Gasteiger partial charge < -0.3 is 0 Å². The molecule has 0 bridgehead atoms. The third-order valence-corrected chi connectivity index (χ3v) is 6.61. The first-order chi connectivity index (χ1) is 12.0. The standard InChI is InChI=1S/C16H18ClFN2O4S2/c1-11(2)20-26(23,24)13-5-3-4-12(8-13)10-19-25(21,22)14-6-7-16(18)15(17)9-14/h3-9,11,19-20H,10H2,1-2H3. The van der Waals surface area contributed by atoms with Crippen LogP contribution in [0.2, 0.25) is 5.02 Å². The van der Waals surface area contributed by atoms with Crippen LogP contribution in [-0.4, -0.2) is 22.9 Å². The molecule has 0 aromatic heterocycles. The van der Waals surface area contributed by atoms with E-state index >= 15 is 0 Å². The molecule has 2 N–H and O–H groups in total. The highest BCUT2D eigenvalue weighted by Crippen LogP contribution is 2.20. The minimum absolute atomic E-state index is 0.0349. The molecule has 142 valence electrons. The molecular formula is C16H18ClFN2O4S2. The maximum absolute atomic E-state index is 13.2. The minimum atomic E-state index is -3.93. The van der Waals surface area contributed by atoms with Crippen molar-refractivity contribution in [3.8, 4) is 0 Å². The minimum Gasteiger partial charge on any atom is -0.209 e. The molecule has 0 aliphatic rings. The third-order valence-electron chi connectivity index (χ3n) is 3.27. The second kappa shape index (κ2) is 8.01. The maximum atomic E-state index is 13.2. The summed E-state index contributed by atoms with van der Waals surface area (Å²) >= 11 is 5.61. The first kappa shape index (κ1) is 20.8. The Kier molecular flexibility index (Phi) is 6.41. The number of hydrogen-bond donors (Lipinski definition) is 2. The van der Waals surface area contributed by atoms with E-state index in [9.17, 15) is 21.2 Å². The van der Waals surface area contributed by atoms with Gasteiger partial charge in [0.25, 0.3) is 0 Å². The van der Waals surface area contributed by atoms with Gasteiger partial charge in [0.1, 0.15) is 5.82 Å². The van der Waals surface area contributed by atoms with E-state index in [-0.39, 0.29) is 27.4 Å².